The second kappa shape index (κ2) is 13.8. The molecular weight excluding hydrogens is 578 g/mol. The maximum absolute atomic E-state index is 13.7. The van der Waals surface area contributed by atoms with Gasteiger partial charge in [0, 0.05) is 37.5 Å². The Morgan fingerprint density at radius 1 is 0.949 bits per heavy atom. The van der Waals surface area contributed by atoms with E-state index in [9.17, 15) is 18.0 Å². The SMILES string of the molecule is CNC(=O)[C@@H](Cc1ccccc1)N(Cc1cccc(Br)c1)C(=O)CCCN(c1cc(C)ccc1C)S(C)(=O)=O. The molecule has 0 fully saturated rings. The summed E-state index contributed by atoms with van der Waals surface area (Å²) in [5, 5.41) is 2.72. The van der Waals surface area contributed by atoms with Crippen LogP contribution in [0.1, 0.15) is 35.1 Å². The molecule has 0 heterocycles. The summed E-state index contributed by atoms with van der Waals surface area (Å²) in [5.74, 6) is -0.468. The van der Waals surface area contributed by atoms with Gasteiger partial charge in [-0.1, -0.05) is 70.5 Å². The van der Waals surface area contributed by atoms with Gasteiger partial charge in [-0.05, 0) is 60.7 Å². The zero-order valence-corrected chi connectivity index (χ0v) is 25.3. The second-order valence-corrected chi connectivity index (χ2v) is 12.5. The van der Waals surface area contributed by atoms with Crippen molar-refractivity contribution in [2.24, 2.45) is 0 Å². The molecule has 1 N–H and O–H groups in total. The highest BCUT2D eigenvalue weighted by Gasteiger charge is 2.30. The number of halogens is 1. The molecule has 0 aliphatic rings. The van der Waals surface area contributed by atoms with E-state index in [1.54, 1.807) is 11.9 Å². The van der Waals surface area contributed by atoms with E-state index in [0.29, 0.717) is 18.5 Å². The molecule has 0 saturated heterocycles. The van der Waals surface area contributed by atoms with Crippen LogP contribution < -0.4 is 9.62 Å². The number of likely N-dealkylation sites (N-methyl/N-ethyl adjacent to an activating group) is 1. The number of rotatable bonds is 12. The Bertz CT molecular complexity index is 1400. The van der Waals surface area contributed by atoms with E-state index >= 15 is 0 Å². The molecule has 2 amide bonds. The number of benzene rings is 3. The first kappa shape index (κ1) is 30.4. The quantitative estimate of drug-likeness (QED) is 0.311. The third-order valence-electron chi connectivity index (χ3n) is 6.54. The average molecular weight is 615 g/mol. The van der Waals surface area contributed by atoms with Crippen molar-refractivity contribution in [3.05, 3.63) is 99.5 Å². The molecule has 0 aromatic heterocycles. The zero-order valence-electron chi connectivity index (χ0n) is 22.9. The van der Waals surface area contributed by atoms with Crippen LogP contribution in [0.2, 0.25) is 0 Å². The molecule has 3 aromatic carbocycles. The molecule has 3 aromatic rings. The van der Waals surface area contributed by atoms with Gasteiger partial charge in [0.1, 0.15) is 6.04 Å². The van der Waals surface area contributed by atoms with Crippen LogP contribution in [0.5, 0.6) is 0 Å². The third kappa shape index (κ3) is 8.66. The van der Waals surface area contributed by atoms with Gasteiger partial charge in [-0.15, -0.1) is 0 Å². The first-order chi connectivity index (χ1) is 18.5. The molecule has 0 bridgehead atoms. The van der Waals surface area contributed by atoms with Crippen molar-refractivity contribution in [2.75, 3.05) is 24.2 Å². The molecule has 208 valence electrons. The average Bonchev–Trinajstić information content (AvgIpc) is 2.89. The fourth-order valence-corrected chi connectivity index (χ4v) is 5.98. The number of sulfonamides is 1. The summed E-state index contributed by atoms with van der Waals surface area (Å²) in [5.41, 5.74) is 4.23. The summed E-state index contributed by atoms with van der Waals surface area (Å²) >= 11 is 3.49. The van der Waals surface area contributed by atoms with Crippen LogP contribution in [0.25, 0.3) is 0 Å². The molecule has 0 radical (unpaired) electrons. The van der Waals surface area contributed by atoms with Gasteiger partial charge in [0.25, 0.3) is 0 Å². The minimum atomic E-state index is -3.56. The Morgan fingerprint density at radius 2 is 1.64 bits per heavy atom. The monoisotopic (exact) mass is 613 g/mol. The third-order valence-corrected chi connectivity index (χ3v) is 8.22. The predicted octanol–water partition coefficient (Wildman–Crippen LogP) is 5.00. The number of hydrogen-bond donors (Lipinski definition) is 1. The van der Waals surface area contributed by atoms with Crippen LogP contribution in [-0.2, 0) is 32.6 Å². The predicted molar refractivity (Wildman–Crippen MR) is 160 cm³/mol. The van der Waals surface area contributed by atoms with E-state index in [0.717, 1.165) is 26.7 Å². The maximum atomic E-state index is 13.7. The number of carbonyl (C=O) groups excluding carboxylic acids is 2. The highest BCUT2D eigenvalue weighted by atomic mass is 79.9. The number of carbonyl (C=O) groups is 2. The Morgan fingerprint density at radius 3 is 2.28 bits per heavy atom. The number of aryl methyl sites for hydroxylation is 2. The summed E-state index contributed by atoms with van der Waals surface area (Å²) in [4.78, 5) is 28.4. The Balaban J connectivity index is 1.86. The van der Waals surface area contributed by atoms with Crippen LogP contribution in [0, 0.1) is 13.8 Å². The maximum Gasteiger partial charge on any atom is 0.242 e. The number of hydrogen-bond acceptors (Lipinski definition) is 4. The summed E-state index contributed by atoms with van der Waals surface area (Å²) in [6.45, 7) is 4.19. The van der Waals surface area contributed by atoms with E-state index in [1.165, 1.54) is 10.6 Å². The second-order valence-electron chi connectivity index (χ2n) is 9.70. The summed E-state index contributed by atoms with van der Waals surface area (Å²) in [6.07, 6.45) is 1.93. The topological polar surface area (TPSA) is 86.8 Å². The molecule has 0 aliphatic heterocycles. The molecule has 0 aliphatic carbocycles. The summed E-state index contributed by atoms with van der Waals surface area (Å²) < 4.78 is 27.6. The van der Waals surface area contributed by atoms with E-state index in [1.807, 2.05) is 86.6 Å². The van der Waals surface area contributed by atoms with Crippen LogP contribution in [-0.4, -0.2) is 51.0 Å². The molecule has 0 unspecified atom stereocenters. The lowest BCUT2D eigenvalue weighted by Gasteiger charge is -2.32. The van der Waals surface area contributed by atoms with Crippen molar-refractivity contribution in [1.82, 2.24) is 10.2 Å². The molecule has 3 rings (SSSR count). The van der Waals surface area contributed by atoms with Crippen molar-refractivity contribution < 1.29 is 18.0 Å². The van der Waals surface area contributed by atoms with Crippen molar-refractivity contribution in [3.8, 4) is 0 Å². The minimum absolute atomic E-state index is 0.0904. The number of amides is 2. The van der Waals surface area contributed by atoms with Crippen LogP contribution in [0.4, 0.5) is 5.69 Å². The fourth-order valence-electron chi connectivity index (χ4n) is 4.52. The van der Waals surface area contributed by atoms with Crippen LogP contribution in [0.3, 0.4) is 0 Å². The number of nitrogens with zero attached hydrogens (tertiary/aromatic N) is 2. The van der Waals surface area contributed by atoms with Crippen molar-refractivity contribution in [2.45, 2.75) is 45.7 Å². The Hall–Kier alpha value is -3.17. The molecule has 7 nitrogen and oxygen atoms in total. The highest BCUT2D eigenvalue weighted by molar-refractivity contribution is 9.10. The van der Waals surface area contributed by atoms with Gasteiger partial charge in [0.2, 0.25) is 21.8 Å². The molecule has 0 saturated carbocycles. The van der Waals surface area contributed by atoms with Crippen LogP contribution >= 0.6 is 15.9 Å². The molecular formula is C30H36BrN3O4S. The first-order valence-corrected chi connectivity index (χ1v) is 15.5. The van der Waals surface area contributed by atoms with Gasteiger partial charge in [0.15, 0.2) is 0 Å². The number of nitrogens with one attached hydrogen (secondary N) is 1. The largest absolute Gasteiger partial charge is 0.357 e. The lowest BCUT2D eigenvalue weighted by molar-refractivity contribution is -0.141. The van der Waals surface area contributed by atoms with Gasteiger partial charge < -0.3 is 10.2 Å². The van der Waals surface area contributed by atoms with E-state index < -0.39 is 16.1 Å². The van der Waals surface area contributed by atoms with Gasteiger partial charge >= 0.3 is 0 Å². The zero-order chi connectivity index (χ0) is 28.6. The molecule has 0 spiro atoms. The lowest BCUT2D eigenvalue weighted by atomic mass is 10.0. The molecule has 9 heteroatoms. The van der Waals surface area contributed by atoms with E-state index in [-0.39, 0.29) is 31.3 Å². The van der Waals surface area contributed by atoms with Crippen molar-refractivity contribution in [1.29, 1.82) is 0 Å². The Kier molecular flexibility index (Phi) is 10.7. The fraction of sp³-hybridized carbons (Fsp3) is 0.333. The smallest absolute Gasteiger partial charge is 0.242 e. The minimum Gasteiger partial charge on any atom is -0.357 e. The van der Waals surface area contributed by atoms with Gasteiger partial charge in [-0.2, -0.15) is 0 Å². The number of anilines is 1. The van der Waals surface area contributed by atoms with E-state index in [2.05, 4.69) is 21.2 Å². The van der Waals surface area contributed by atoms with Crippen molar-refractivity contribution in [3.63, 3.8) is 0 Å². The molecule has 39 heavy (non-hydrogen) atoms. The standard InChI is InChI=1S/C30H36BrN3O4S/c1-22-15-16-23(2)27(18-22)34(39(4,37)38)17-9-14-29(35)33(21-25-12-8-13-26(31)19-25)28(30(36)32-3)20-24-10-6-5-7-11-24/h5-8,10-13,15-16,18-19,28H,9,14,17,20-21H2,1-4H3,(H,32,36)/t28-/m1/s1. The normalized spacial score (nSPS) is 12.0. The van der Waals surface area contributed by atoms with E-state index in [4.69, 9.17) is 0 Å². The van der Waals surface area contributed by atoms with Crippen LogP contribution in [0.15, 0.2) is 77.3 Å². The molecule has 1 atom stereocenters. The van der Waals surface area contributed by atoms with Gasteiger partial charge in [-0.25, -0.2) is 8.42 Å². The summed E-state index contributed by atoms with van der Waals surface area (Å²) in [7, 11) is -2.00. The van der Waals surface area contributed by atoms with Gasteiger partial charge in [0.05, 0.1) is 11.9 Å². The lowest BCUT2D eigenvalue weighted by Crippen LogP contribution is -2.49. The highest BCUT2D eigenvalue weighted by Crippen LogP contribution is 2.25. The Labute approximate surface area is 240 Å². The van der Waals surface area contributed by atoms with Gasteiger partial charge in [-0.3, -0.25) is 13.9 Å². The summed E-state index contributed by atoms with van der Waals surface area (Å²) in [6, 6.07) is 22.2. The first-order valence-electron chi connectivity index (χ1n) is 12.8. The van der Waals surface area contributed by atoms with Crippen molar-refractivity contribution >= 4 is 43.5 Å².